The smallest absolute Gasteiger partial charge is 0.153 e. The maximum absolute atomic E-state index is 11.1. The molecule has 0 aromatic heterocycles. The van der Waals surface area contributed by atoms with Crippen molar-refractivity contribution in [2.75, 3.05) is 13.2 Å². The van der Waals surface area contributed by atoms with Crippen LogP contribution in [0.15, 0.2) is 48.5 Å². The lowest BCUT2D eigenvalue weighted by molar-refractivity contribution is 0.111. The van der Waals surface area contributed by atoms with Crippen LogP contribution in [0, 0.1) is 23.7 Å². The first-order valence-corrected chi connectivity index (χ1v) is 16.5. The Morgan fingerprint density at radius 2 is 0.935 bits per heavy atom. The minimum Gasteiger partial charge on any atom is -0.507 e. The van der Waals surface area contributed by atoms with Crippen molar-refractivity contribution in [2.45, 2.75) is 90.9 Å². The van der Waals surface area contributed by atoms with E-state index in [4.69, 9.17) is 9.47 Å². The maximum atomic E-state index is 11.1. The SMILES string of the molecule is CCCCCCCCOc1cc(C#Cc2ccc(C=O)c(O)c2)c(OCCCCCCCC)cc1C#Cc1ccc(C=O)c(O)c1. The first kappa shape index (κ1) is 35.8. The van der Waals surface area contributed by atoms with Gasteiger partial charge in [-0.25, -0.2) is 0 Å². The predicted molar refractivity (Wildman–Crippen MR) is 183 cm³/mol. The summed E-state index contributed by atoms with van der Waals surface area (Å²) in [5.41, 5.74) is 2.78. The van der Waals surface area contributed by atoms with Crippen molar-refractivity contribution in [1.82, 2.24) is 0 Å². The number of phenolic OH excluding ortho intramolecular Hbond substituents is 2. The summed E-state index contributed by atoms with van der Waals surface area (Å²) < 4.78 is 12.5. The molecule has 0 amide bonds. The Morgan fingerprint density at radius 3 is 1.30 bits per heavy atom. The predicted octanol–water partition coefficient (Wildman–Crippen LogP) is 9.00. The van der Waals surface area contributed by atoms with Crippen LogP contribution < -0.4 is 9.47 Å². The number of benzene rings is 3. The average Bonchev–Trinajstić information content (AvgIpc) is 3.06. The monoisotopic (exact) mass is 622 g/mol. The van der Waals surface area contributed by atoms with Gasteiger partial charge in [-0.2, -0.15) is 0 Å². The number of phenols is 2. The molecule has 0 heterocycles. The van der Waals surface area contributed by atoms with Gasteiger partial charge in [0.05, 0.1) is 35.5 Å². The standard InChI is InChI=1S/C40H46O6/c1-3-5-7-9-11-13-23-45-39-27-34(20-16-32-18-22-36(30-42)38(44)26-32)40(46-24-14-12-10-8-6-4-2)28-33(39)19-15-31-17-21-35(29-41)37(43)25-31/h17-18,21-22,25-30,43-44H,3-14,23-24H2,1-2H3. The molecule has 0 radical (unpaired) electrons. The Bertz CT molecular complexity index is 1430. The first-order valence-electron chi connectivity index (χ1n) is 16.5. The van der Waals surface area contributed by atoms with Gasteiger partial charge in [-0.3, -0.25) is 9.59 Å². The number of ether oxygens (including phenoxy) is 2. The quantitative estimate of drug-likeness (QED) is 0.0836. The zero-order valence-corrected chi connectivity index (χ0v) is 27.2. The lowest BCUT2D eigenvalue weighted by Gasteiger charge is -2.14. The molecule has 3 rings (SSSR count). The highest BCUT2D eigenvalue weighted by molar-refractivity contribution is 5.80. The van der Waals surface area contributed by atoms with Crippen molar-refractivity contribution in [1.29, 1.82) is 0 Å². The molecule has 46 heavy (non-hydrogen) atoms. The van der Waals surface area contributed by atoms with Crippen molar-refractivity contribution in [2.24, 2.45) is 0 Å². The van der Waals surface area contributed by atoms with Crippen LogP contribution in [0.2, 0.25) is 0 Å². The van der Waals surface area contributed by atoms with Gasteiger partial charge in [0.2, 0.25) is 0 Å². The summed E-state index contributed by atoms with van der Waals surface area (Å²) in [6.07, 6.45) is 14.8. The average molecular weight is 623 g/mol. The lowest BCUT2D eigenvalue weighted by Crippen LogP contribution is -2.03. The summed E-state index contributed by atoms with van der Waals surface area (Å²) in [4.78, 5) is 22.3. The van der Waals surface area contributed by atoms with Gasteiger partial charge in [0.25, 0.3) is 0 Å². The molecule has 242 valence electrons. The third-order valence-electron chi connectivity index (χ3n) is 7.59. The van der Waals surface area contributed by atoms with Crippen LogP contribution in [0.1, 0.15) is 134 Å². The van der Waals surface area contributed by atoms with Gasteiger partial charge in [0, 0.05) is 23.3 Å². The number of carbonyl (C=O) groups is 2. The summed E-state index contributed by atoms with van der Waals surface area (Å²) in [6.45, 7) is 5.46. The highest BCUT2D eigenvalue weighted by Gasteiger charge is 2.12. The number of unbranched alkanes of at least 4 members (excludes halogenated alkanes) is 10. The lowest BCUT2D eigenvalue weighted by atomic mass is 10.1. The van der Waals surface area contributed by atoms with Crippen LogP contribution in [0.3, 0.4) is 0 Å². The van der Waals surface area contributed by atoms with Crippen molar-refractivity contribution >= 4 is 12.6 Å². The highest BCUT2D eigenvalue weighted by Crippen LogP contribution is 2.30. The summed E-state index contributed by atoms with van der Waals surface area (Å²) in [7, 11) is 0. The molecule has 0 aliphatic rings. The molecule has 6 nitrogen and oxygen atoms in total. The summed E-state index contributed by atoms with van der Waals surface area (Å²) in [5.74, 6) is 13.4. The van der Waals surface area contributed by atoms with Crippen LogP contribution in [0.4, 0.5) is 0 Å². The molecule has 2 N–H and O–H groups in total. The van der Waals surface area contributed by atoms with Crippen LogP contribution >= 0.6 is 0 Å². The van der Waals surface area contributed by atoms with E-state index >= 15 is 0 Å². The van der Waals surface area contributed by atoms with E-state index in [-0.39, 0.29) is 22.6 Å². The number of carbonyl (C=O) groups excluding carboxylic acids is 2. The third-order valence-corrected chi connectivity index (χ3v) is 7.59. The van der Waals surface area contributed by atoms with Gasteiger partial charge in [0.1, 0.15) is 23.0 Å². The minimum atomic E-state index is -0.123. The molecule has 0 aliphatic heterocycles. The second-order valence-corrected chi connectivity index (χ2v) is 11.4. The largest absolute Gasteiger partial charge is 0.507 e. The van der Waals surface area contributed by atoms with Crippen molar-refractivity contribution < 1.29 is 29.3 Å². The number of rotatable bonds is 18. The fourth-order valence-electron chi connectivity index (χ4n) is 4.84. The van der Waals surface area contributed by atoms with Gasteiger partial charge in [-0.15, -0.1) is 0 Å². The molecule has 0 saturated carbocycles. The summed E-state index contributed by atoms with van der Waals surface area (Å²) >= 11 is 0. The molecule has 3 aromatic carbocycles. The van der Waals surface area contributed by atoms with Gasteiger partial charge in [0.15, 0.2) is 12.6 Å². The zero-order valence-electron chi connectivity index (χ0n) is 27.2. The molecular formula is C40H46O6. The molecule has 0 spiro atoms. The Balaban J connectivity index is 1.95. The molecular weight excluding hydrogens is 576 g/mol. The van der Waals surface area contributed by atoms with E-state index in [0.29, 0.717) is 59.5 Å². The van der Waals surface area contributed by atoms with Crippen molar-refractivity contribution in [3.8, 4) is 46.7 Å². The Kier molecular flexibility index (Phi) is 15.9. The molecule has 0 atom stereocenters. The zero-order chi connectivity index (χ0) is 33.0. The second-order valence-electron chi connectivity index (χ2n) is 11.4. The third kappa shape index (κ3) is 12.0. The van der Waals surface area contributed by atoms with Gasteiger partial charge in [-0.05, 0) is 49.2 Å². The molecule has 0 unspecified atom stereocenters. The maximum Gasteiger partial charge on any atom is 0.153 e. The van der Waals surface area contributed by atoms with Gasteiger partial charge >= 0.3 is 0 Å². The van der Waals surface area contributed by atoms with E-state index in [9.17, 15) is 19.8 Å². The number of hydrogen-bond donors (Lipinski definition) is 2. The van der Waals surface area contributed by atoms with E-state index in [1.807, 2.05) is 12.1 Å². The summed E-state index contributed by atoms with van der Waals surface area (Å²) in [6, 6.07) is 13.1. The fourth-order valence-corrected chi connectivity index (χ4v) is 4.84. The van der Waals surface area contributed by atoms with E-state index in [1.165, 1.54) is 75.6 Å². The van der Waals surface area contributed by atoms with Crippen LogP contribution in [0.25, 0.3) is 0 Å². The highest BCUT2D eigenvalue weighted by atomic mass is 16.5. The molecule has 6 heteroatoms. The molecule has 0 saturated heterocycles. The van der Waals surface area contributed by atoms with E-state index in [0.717, 1.165) is 25.7 Å². The number of aldehydes is 2. The second kappa shape index (κ2) is 20.4. The fraction of sp³-hybridized carbons (Fsp3) is 0.400. The number of aromatic hydroxyl groups is 2. The topological polar surface area (TPSA) is 93.1 Å². The molecule has 0 aliphatic carbocycles. The normalized spacial score (nSPS) is 10.3. The van der Waals surface area contributed by atoms with E-state index in [1.54, 1.807) is 12.1 Å². The van der Waals surface area contributed by atoms with E-state index in [2.05, 4.69) is 37.5 Å². The van der Waals surface area contributed by atoms with Crippen LogP contribution in [-0.4, -0.2) is 36.0 Å². The Hall–Kier alpha value is -4.68. The minimum absolute atomic E-state index is 0.123. The van der Waals surface area contributed by atoms with E-state index < -0.39 is 0 Å². The number of hydrogen-bond acceptors (Lipinski definition) is 6. The van der Waals surface area contributed by atoms with Gasteiger partial charge in [-0.1, -0.05) is 102 Å². The van der Waals surface area contributed by atoms with Crippen molar-refractivity contribution in [3.05, 3.63) is 81.9 Å². The van der Waals surface area contributed by atoms with Crippen molar-refractivity contribution in [3.63, 3.8) is 0 Å². The van der Waals surface area contributed by atoms with Crippen LogP contribution in [0.5, 0.6) is 23.0 Å². The Morgan fingerprint density at radius 1 is 0.543 bits per heavy atom. The molecule has 0 fully saturated rings. The summed E-state index contributed by atoms with van der Waals surface area (Å²) in [5, 5.41) is 20.3. The van der Waals surface area contributed by atoms with Gasteiger partial charge < -0.3 is 19.7 Å². The Labute approximate surface area is 274 Å². The van der Waals surface area contributed by atoms with Crippen LogP contribution in [-0.2, 0) is 0 Å². The first-order chi connectivity index (χ1) is 22.5. The molecule has 3 aromatic rings. The molecule has 0 bridgehead atoms.